The minimum atomic E-state index is -0.872. The summed E-state index contributed by atoms with van der Waals surface area (Å²) in [5.41, 5.74) is 5.10. The third-order valence-electron chi connectivity index (χ3n) is 4.77. The minimum absolute atomic E-state index is 0.392. The molecule has 1 aromatic heterocycles. The third kappa shape index (κ3) is 2.82. The van der Waals surface area contributed by atoms with Crippen LogP contribution in [0, 0.1) is 5.92 Å². The van der Waals surface area contributed by atoms with Crippen LogP contribution in [0.1, 0.15) is 40.5 Å². The Kier molecular flexibility index (Phi) is 3.85. The van der Waals surface area contributed by atoms with E-state index in [0.29, 0.717) is 11.5 Å². The van der Waals surface area contributed by atoms with E-state index in [1.165, 1.54) is 0 Å². The van der Waals surface area contributed by atoms with Crippen molar-refractivity contribution in [1.82, 2.24) is 4.98 Å². The van der Waals surface area contributed by atoms with E-state index in [1.54, 1.807) is 0 Å². The van der Waals surface area contributed by atoms with Crippen LogP contribution in [0.2, 0.25) is 0 Å². The lowest BCUT2D eigenvalue weighted by Gasteiger charge is -2.26. The van der Waals surface area contributed by atoms with Gasteiger partial charge in [0.1, 0.15) is 0 Å². The van der Waals surface area contributed by atoms with E-state index < -0.39 is 5.97 Å². The molecule has 0 fully saturated rings. The number of allylic oxidation sites excluding steroid dienone is 1. The summed E-state index contributed by atoms with van der Waals surface area (Å²) < 4.78 is 0. The molecule has 3 heteroatoms. The number of hydrogen-bond acceptors (Lipinski definition) is 2. The maximum absolute atomic E-state index is 12.0. The smallest absolute Gasteiger partial charge is 0.336 e. The van der Waals surface area contributed by atoms with Crippen LogP contribution in [0.3, 0.4) is 0 Å². The molecule has 1 heterocycles. The maximum Gasteiger partial charge on any atom is 0.336 e. The Balaban J connectivity index is 2.00. The Hall–Kier alpha value is -2.94. The number of pyridine rings is 1. The normalized spacial score (nSPS) is 18.3. The lowest BCUT2D eigenvalue weighted by Crippen LogP contribution is -2.17. The van der Waals surface area contributed by atoms with Crippen LogP contribution in [0.5, 0.6) is 0 Å². The number of nitrogens with zero attached hydrogens (tertiary/aromatic N) is 1. The molecule has 0 radical (unpaired) electrons. The van der Waals surface area contributed by atoms with Crippen molar-refractivity contribution in [3.05, 3.63) is 77.0 Å². The fraction of sp³-hybridized carbons (Fsp3) is 0.182. The summed E-state index contributed by atoms with van der Waals surface area (Å²) >= 11 is 0. The Morgan fingerprint density at radius 3 is 2.56 bits per heavy atom. The fourth-order valence-electron chi connectivity index (χ4n) is 3.73. The first-order valence-corrected chi connectivity index (χ1v) is 8.54. The quantitative estimate of drug-likeness (QED) is 0.715. The van der Waals surface area contributed by atoms with Gasteiger partial charge in [-0.25, -0.2) is 9.78 Å². The van der Waals surface area contributed by atoms with Crippen LogP contribution in [-0.2, 0) is 6.42 Å². The maximum atomic E-state index is 12.0. The molecule has 0 amide bonds. The van der Waals surface area contributed by atoms with E-state index in [9.17, 15) is 9.90 Å². The molecule has 3 nitrogen and oxygen atoms in total. The standard InChI is InChI=1S/C22H19NO2/c1-14-11-16(13-15-7-3-2-4-8-15)21-18(12-14)20(22(24)25)17-9-5-6-10-19(17)23-21/h2-10,13-14H,11-12H2,1H3,(H,24,25). The second-order valence-electron chi connectivity index (χ2n) is 6.73. The van der Waals surface area contributed by atoms with Gasteiger partial charge >= 0.3 is 5.97 Å². The van der Waals surface area contributed by atoms with Crippen LogP contribution in [0.15, 0.2) is 54.6 Å². The first kappa shape index (κ1) is 15.6. The molecule has 0 bridgehead atoms. The summed E-state index contributed by atoms with van der Waals surface area (Å²) in [6.07, 6.45) is 3.80. The van der Waals surface area contributed by atoms with E-state index in [2.05, 4.69) is 25.1 Å². The second kappa shape index (κ2) is 6.17. The van der Waals surface area contributed by atoms with E-state index in [-0.39, 0.29) is 0 Å². The molecule has 1 atom stereocenters. The Bertz CT molecular complexity index is 990. The number of fused-ring (bicyclic) bond motifs is 2. The molecule has 1 aliphatic carbocycles. The van der Waals surface area contributed by atoms with Gasteiger partial charge in [0.2, 0.25) is 0 Å². The summed E-state index contributed by atoms with van der Waals surface area (Å²) in [6, 6.07) is 17.7. The molecular formula is C22H19NO2. The van der Waals surface area contributed by atoms with E-state index in [4.69, 9.17) is 4.98 Å². The monoisotopic (exact) mass is 329 g/mol. The highest BCUT2D eigenvalue weighted by Crippen LogP contribution is 2.38. The molecule has 0 saturated heterocycles. The van der Waals surface area contributed by atoms with Gasteiger partial charge in [0.05, 0.1) is 16.8 Å². The Morgan fingerprint density at radius 2 is 1.80 bits per heavy atom. The van der Waals surface area contributed by atoms with Crippen molar-refractivity contribution < 1.29 is 9.90 Å². The molecular weight excluding hydrogens is 310 g/mol. The summed E-state index contributed by atoms with van der Waals surface area (Å²) in [5, 5.41) is 10.6. The molecule has 124 valence electrons. The molecule has 1 N–H and O–H groups in total. The first-order chi connectivity index (χ1) is 12.1. The highest BCUT2D eigenvalue weighted by Gasteiger charge is 2.27. The van der Waals surface area contributed by atoms with Crippen LogP contribution in [-0.4, -0.2) is 16.1 Å². The summed E-state index contributed by atoms with van der Waals surface area (Å²) in [7, 11) is 0. The number of rotatable bonds is 2. The van der Waals surface area contributed by atoms with Crippen LogP contribution < -0.4 is 0 Å². The van der Waals surface area contributed by atoms with Gasteiger partial charge in [0, 0.05) is 5.39 Å². The molecule has 0 aliphatic heterocycles. The Labute approximate surface area is 146 Å². The van der Waals surface area contributed by atoms with Crippen molar-refractivity contribution in [3.8, 4) is 0 Å². The SMILES string of the molecule is CC1CC(=Cc2ccccc2)c2nc3ccccc3c(C(=O)O)c2C1. The lowest BCUT2D eigenvalue weighted by atomic mass is 9.80. The molecule has 2 aromatic carbocycles. The largest absolute Gasteiger partial charge is 0.478 e. The number of para-hydroxylation sites is 1. The van der Waals surface area contributed by atoms with Gasteiger partial charge in [0.25, 0.3) is 0 Å². The average Bonchev–Trinajstić information content (AvgIpc) is 2.60. The molecule has 25 heavy (non-hydrogen) atoms. The third-order valence-corrected chi connectivity index (χ3v) is 4.77. The zero-order valence-corrected chi connectivity index (χ0v) is 14.1. The number of carboxylic acids is 1. The van der Waals surface area contributed by atoms with Crippen molar-refractivity contribution in [2.75, 3.05) is 0 Å². The lowest BCUT2D eigenvalue weighted by molar-refractivity contribution is 0.0697. The zero-order chi connectivity index (χ0) is 17.4. The predicted molar refractivity (Wildman–Crippen MR) is 101 cm³/mol. The summed E-state index contributed by atoms with van der Waals surface area (Å²) in [6.45, 7) is 2.17. The highest BCUT2D eigenvalue weighted by atomic mass is 16.4. The van der Waals surface area contributed by atoms with Crippen molar-refractivity contribution >= 4 is 28.5 Å². The molecule has 3 aromatic rings. The van der Waals surface area contributed by atoms with Crippen molar-refractivity contribution in [2.24, 2.45) is 5.92 Å². The van der Waals surface area contributed by atoms with Gasteiger partial charge in [-0.1, -0.05) is 55.5 Å². The molecule has 0 spiro atoms. The van der Waals surface area contributed by atoms with E-state index >= 15 is 0 Å². The van der Waals surface area contributed by atoms with Crippen molar-refractivity contribution in [1.29, 1.82) is 0 Å². The summed E-state index contributed by atoms with van der Waals surface area (Å²) in [5.74, 6) is -0.480. The van der Waals surface area contributed by atoms with Gasteiger partial charge in [-0.15, -0.1) is 0 Å². The van der Waals surface area contributed by atoms with Crippen molar-refractivity contribution in [2.45, 2.75) is 19.8 Å². The predicted octanol–water partition coefficient (Wildman–Crippen LogP) is 5.06. The van der Waals surface area contributed by atoms with Gasteiger partial charge < -0.3 is 5.11 Å². The molecule has 1 aliphatic rings. The van der Waals surface area contributed by atoms with Crippen molar-refractivity contribution in [3.63, 3.8) is 0 Å². The number of carbonyl (C=O) groups is 1. The highest BCUT2D eigenvalue weighted by molar-refractivity contribution is 6.05. The number of hydrogen-bond donors (Lipinski definition) is 1. The number of aromatic nitrogens is 1. The van der Waals surface area contributed by atoms with Gasteiger partial charge in [-0.2, -0.15) is 0 Å². The van der Waals surface area contributed by atoms with E-state index in [0.717, 1.165) is 46.1 Å². The number of aromatic carboxylic acids is 1. The topological polar surface area (TPSA) is 50.2 Å². The second-order valence-corrected chi connectivity index (χ2v) is 6.73. The molecule has 0 saturated carbocycles. The Morgan fingerprint density at radius 1 is 1.08 bits per heavy atom. The van der Waals surface area contributed by atoms with E-state index in [1.807, 2.05) is 42.5 Å². The molecule has 4 rings (SSSR count). The fourth-order valence-corrected chi connectivity index (χ4v) is 3.73. The van der Waals surface area contributed by atoms with Gasteiger partial charge in [-0.3, -0.25) is 0 Å². The first-order valence-electron chi connectivity index (χ1n) is 8.54. The van der Waals surface area contributed by atoms with Crippen LogP contribution in [0.25, 0.3) is 22.6 Å². The zero-order valence-electron chi connectivity index (χ0n) is 14.1. The van der Waals surface area contributed by atoms with Gasteiger partial charge in [0.15, 0.2) is 0 Å². The summed E-state index contributed by atoms with van der Waals surface area (Å²) in [4.78, 5) is 16.9. The van der Waals surface area contributed by atoms with Gasteiger partial charge in [-0.05, 0) is 47.6 Å². The van der Waals surface area contributed by atoms with Crippen LogP contribution >= 0.6 is 0 Å². The average molecular weight is 329 g/mol. The number of benzene rings is 2. The van der Waals surface area contributed by atoms with Crippen LogP contribution in [0.4, 0.5) is 0 Å². The number of carboxylic acid groups (broad SMARTS) is 1. The molecule has 1 unspecified atom stereocenters. The minimum Gasteiger partial charge on any atom is -0.478 e.